The minimum Gasteiger partial charge on any atom is -0.347 e. The van der Waals surface area contributed by atoms with Gasteiger partial charge in [-0.25, -0.2) is 4.39 Å². The van der Waals surface area contributed by atoms with Crippen molar-refractivity contribution in [2.24, 2.45) is 0 Å². The summed E-state index contributed by atoms with van der Waals surface area (Å²) in [4.78, 5) is 22.6. The molecule has 0 bridgehead atoms. The Morgan fingerprint density at radius 3 is 2.65 bits per heavy atom. The summed E-state index contributed by atoms with van der Waals surface area (Å²) < 4.78 is 48.4. The molecule has 1 fully saturated rings. The number of nitrogens with one attached hydrogen (secondary N) is 1. The fourth-order valence-corrected chi connectivity index (χ4v) is 1.57. The van der Waals surface area contributed by atoms with Crippen molar-refractivity contribution in [3.63, 3.8) is 0 Å². The first-order valence-corrected chi connectivity index (χ1v) is 5.06. The lowest BCUT2D eigenvalue weighted by Crippen LogP contribution is -2.41. The smallest absolute Gasteiger partial charge is 0.347 e. The highest BCUT2D eigenvalue weighted by atomic mass is 35.5. The zero-order chi connectivity index (χ0) is 13.2. The Labute approximate surface area is 98.9 Å². The van der Waals surface area contributed by atoms with Crippen LogP contribution in [0.25, 0.3) is 0 Å². The molecule has 1 aliphatic rings. The van der Waals surface area contributed by atoms with Gasteiger partial charge in [0, 0.05) is 13.0 Å². The molecule has 0 saturated carbocycles. The van der Waals surface area contributed by atoms with Crippen LogP contribution in [0.4, 0.5) is 17.6 Å². The van der Waals surface area contributed by atoms with Gasteiger partial charge in [-0.3, -0.25) is 9.59 Å². The Kier molecular flexibility index (Phi) is 4.18. The highest BCUT2D eigenvalue weighted by Gasteiger charge is 2.39. The lowest BCUT2D eigenvalue weighted by atomic mass is 10.2. The van der Waals surface area contributed by atoms with Crippen molar-refractivity contribution in [2.75, 3.05) is 13.1 Å². The van der Waals surface area contributed by atoms with Crippen molar-refractivity contribution >= 4 is 23.4 Å². The molecule has 0 aromatic carbocycles. The molecule has 4 nitrogen and oxygen atoms in total. The van der Waals surface area contributed by atoms with Crippen molar-refractivity contribution < 1.29 is 27.2 Å². The summed E-state index contributed by atoms with van der Waals surface area (Å²) in [6, 6.07) is -0.839. The summed E-state index contributed by atoms with van der Waals surface area (Å²) in [6.45, 7) is -1.67. The van der Waals surface area contributed by atoms with Crippen LogP contribution >= 0.6 is 11.6 Å². The second-order valence-electron chi connectivity index (χ2n) is 3.60. The number of amides is 2. The highest BCUT2D eigenvalue weighted by molar-refractivity contribution is 6.29. The summed E-state index contributed by atoms with van der Waals surface area (Å²) in [7, 11) is 0. The van der Waals surface area contributed by atoms with Gasteiger partial charge < -0.3 is 10.2 Å². The van der Waals surface area contributed by atoms with Crippen LogP contribution in [0, 0.1) is 0 Å². The Morgan fingerprint density at radius 1 is 1.59 bits per heavy atom. The van der Waals surface area contributed by atoms with Crippen molar-refractivity contribution in [1.29, 1.82) is 0 Å². The summed E-state index contributed by atoms with van der Waals surface area (Å²) >= 11 is 4.83. The molecular formula is C8H9ClF4N2O2. The first-order valence-electron chi connectivity index (χ1n) is 4.62. The van der Waals surface area contributed by atoms with Gasteiger partial charge in [0.05, 0.1) is 6.04 Å². The molecule has 0 aliphatic carbocycles. The van der Waals surface area contributed by atoms with E-state index in [1.165, 1.54) is 0 Å². The third kappa shape index (κ3) is 4.37. The van der Waals surface area contributed by atoms with Gasteiger partial charge in [-0.05, 0) is 0 Å². The van der Waals surface area contributed by atoms with E-state index in [0.29, 0.717) is 4.90 Å². The van der Waals surface area contributed by atoms with Gasteiger partial charge >= 0.3 is 6.18 Å². The number of carbonyl (C=O) groups is 2. The van der Waals surface area contributed by atoms with Crippen LogP contribution in [-0.4, -0.2) is 47.7 Å². The molecule has 0 aromatic rings. The topological polar surface area (TPSA) is 49.4 Å². The minimum absolute atomic E-state index is 0.286. The molecule has 1 saturated heterocycles. The van der Waals surface area contributed by atoms with Crippen LogP contribution < -0.4 is 5.32 Å². The minimum atomic E-state index is -4.50. The normalized spacial score (nSPS) is 22.8. The van der Waals surface area contributed by atoms with Crippen LogP contribution in [0.5, 0.6) is 0 Å². The van der Waals surface area contributed by atoms with E-state index in [-0.39, 0.29) is 13.0 Å². The fraction of sp³-hybridized carbons (Fsp3) is 0.750. The molecule has 1 N–H and O–H groups in total. The predicted molar refractivity (Wildman–Crippen MR) is 49.9 cm³/mol. The Balaban J connectivity index is 2.50. The summed E-state index contributed by atoms with van der Waals surface area (Å²) in [6.07, 6.45) is -4.78. The van der Waals surface area contributed by atoms with E-state index >= 15 is 0 Å². The molecule has 0 aromatic heterocycles. The molecule has 2 unspecified atom stereocenters. The van der Waals surface area contributed by atoms with Crippen molar-refractivity contribution in [1.82, 2.24) is 10.2 Å². The average Bonchev–Trinajstić information content (AvgIpc) is 2.43. The number of carbonyl (C=O) groups excluding carboxylic acids is 2. The van der Waals surface area contributed by atoms with Crippen molar-refractivity contribution in [2.45, 2.75) is 24.3 Å². The van der Waals surface area contributed by atoms with Gasteiger partial charge in [-0.2, -0.15) is 13.2 Å². The lowest BCUT2D eigenvalue weighted by molar-refractivity contribution is -0.157. The maximum absolute atomic E-state index is 12.3. The van der Waals surface area contributed by atoms with E-state index < -0.39 is 36.2 Å². The Bertz CT molecular complexity index is 321. The maximum Gasteiger partial charge on any atom is 0.406 e. The molecule has 1 aliphatic heterocycles. The van der Waals surface area contributed by atoms with Crippen LogP contribution in [0.1, 0.15) is 6.42 Å². The quantitative estimate of drug-likeness (QED) is 0.612. The van der Waals surface area contributed by atoms with Gasteiger partial charge in [0.25, 0.3) is 11.5 Å². The van der Waals surface area contributed by atoms with Crippen LogP contribution in [0.2, 0.25) is 0 Å². The van der Waals surface area contributed by atoms with Crippen LogP contribution in [0.15, 0.2) is 0 Å². The van der Waals surface area contributed by atoms with Gasteiger partial charge in [0.1, 0.15) is 6.54 Å². The number of halogens is 5. The molecular weight excluding hydrogens is 268 g/mol. The molecule has 1 rings (SSSR count). The van der Waals surface area contributed by atoms with Crippen LogP contribution in [-0.2, 0) is 9.59 Å². The molecule has 9 heteroatoms. The molecule has 2 amide bonds. The molecule has 2 atom stereocenters. The number of hydrogen-bond acceptors (Lipinski definition) is 2. The number of likely N-dealkylation sites (tertiary alicyclic amines) is 1. The van der Waals surface area contributed by atoms with Gasteiger partial charge in [0.2, 0.25) is 5.91 Å². The predicted octanol–water partition coefficient (Wildman–Crippen LogP) is 0.800. The third-order valence-electron chi connectivity index (χ3n) is 2.13. The van der Waals surface area contributed by atoms with E-state index in [2.05, 4.69) is 0 Å². The lowest BCUT2D eigenvalue weighted by Gasteiger charge is -2.18. The fourth-order valence-electron chi connectivity index (χ4n) is 1.50. The maximum atomic E-state index is 12.3. The van der Waals surface area contributed by atoms with Gasteiger partial charge in [-0.15, -0.1) is 0 Å². The largest absolute Gasteiger partial charge is 0.406 e. The SMILES string of the molecule is O=C(NC1CC(=O)N(CC(F)(F)F)C1)C(F)Cl. The van der Waals surface area contributed by atoms with Crippen LogP contribution in [0.3, 0.4) is 0 Å². The van der Waals surface area contributed by atoms with E-state index in [4.69, 9.17) is 11.6 Å². The summed E-state index contributed by atoms with van der Waals surface area (Å²) in [5, 5.41) is 2.05. The van der Waals surface area contributed by atoms with E-state index in [0.717, 1.165) is 0 Å². The molecule has 17 heavy (non-hydrogen) atoms. The Morgan fingerprint density at radius 2 is 2.18 bits per heavy atom. The van der Waals surface area contributed by atoms with Crippen molar-refractivity contribution in [3.8, 4) is 0 Å². The zero-order valence-corrected chi connectivity index (χ0v) is 9.19. The molecule has 0 spiro atoms. The average molecular weight is 277 g/mol. The van der Waals surface area contributed by atoms with Crippen molar-refractivity contribution in [3.05, 3.63) is 0 Å². The number of hydrogen-bond donors (Lipinski definition) is 1. The first-order chi connectivity index (χ1) is 7.69. The summed E-state index contributed by atoms with van der Waals surface area (Å²) in [5.74, 6) is -1.89. The second-order valence-corrected chi connectivity index (χ2v) is 3.98. The number of nitrogens with zero attached hydrogens (tertiary/aromatic N) is 1. The van der Waals surface area contributed by atoms with E-state index in [1.807, 2.05) is 5.32 Å². The molecule has 98 valence electrons. The summed E-state index contributed by atoms with van der Waals surface area (Å²) in [5.41, 5.74) is -2.28. The van der Waals surface area contributed by atoms with Gasteiger partial charge in [0.15, 0.2) is 0 Å². The number of rotatable bonds is 3. The third-order valence-corrected chi connectivity index (χ3v) is 2.33. The standard InChI is InChI=1S/C8H9ClF4N2O2/c9-6(10)7(17)14-4-1-5(16)15(2-4)3-8(11,12)13/h4,6H,1-3H2,(H,14,17). The number of alkyl halides is 5. The van der Waals surface area contributed by atoms with E-state index in [1.54, 1.807) is 0 Å². The molecule has 0 radical (unpaired) electrons. The van der Waals surface area contributed by atoms with Gasteiger partial charge in [-0.1, -0.05) is 11.6 Å². The van der Waals surface area contributed by atoms with E-state index in [9.17, 15) is 27.2 Å². The second kappa shape index (κ2) is 5.07. The Hall–Kier alpha value is -1.05. The first kappa shape index (κ1) is 14.0. The zero-order valence-electron chi connectivity index (χ0n) is 8.43. The monoisotopic (exact) mass is 276 g/mol. The molecule has 1 heterocycles. The highest BCUT2D eigenvalue weighted by Crippen LogP contribution is 2.20.